The average molecular weight is 634 g/mol. The van der Waals surface area contributed by atoms with Gasteiger partial charge >= 0.3 is 0 Å². The first kappa shape index (κ1) is 32.2. The number of benzene rings is 1. The van der Waals surface area contributed by atoms with Gasteiger partial charge in [-0.05, 0) is 82.6 Å². The van der Waals surface area contributed by atoms with Gasteiger partial charge in [-0.25, -0.2) is 0 Å². The quantitative estimate of drug-likeness (QED) is 0.258. The summed E-state index contributed by atoms with van der Waals surface area (Å²) in [7, 11) is 0. The maximum absolute atomic E-state index is 14.5. The zero-order valence-corrected chi connectivity index (χ0v) is 26.9. The van der Waals surface area contributed by atoms with E-state index in [1.807, 2.05) is 30.3 Å². The number of carbonyl (C=O) groups excluding carboxylic acids is 6. The van der Waals surface area contributed by atoms with Crippen molar-refractivity contribution in [3.05, 3.63) is 35.9 Å². The molecule has 2 saturated heterocycles. The van der Waals surface area contributed by atoms with Crippen molar-refractivity contribution in [3.63, 3.8) is 0 Å². The number of nitrogens with zero attached hydrogens (tertiary/aromatic N) is 1. The Labute approximate surface area is 270 Å². The van der Waals surface area contributed by atoms with Crippen LogP contribution >= 0.6 is 0 Å². The Morgan fingerprint density at radius 1 is 0.957 bits per heavy atom. The summed E-state index contributed by atoms with van der Waals surface area (Å²) in [6.45, 7) is 4.24. The minimum absolute atomic E-state index is 0.00165. The van der Waals surface area contributed by atoms with Crippen LogP contribution in [-0.2, 0) is 28.8 Å². The fraction of sp³-hybridized carbons (Fsp3) is 0.657. The number of amides is 5. The molecule has 2 heterocycles. The van der Waals surface area contributed by atoms with E-state index in [0.717, 1.165) is 50.5 Å². The van der Waals surface area contributed by atoms with E-state index in [1.54, 1.807) is 18.7 Å². The molecule has 7 rings (SSSR count). The molecule has 4 aliphatic carbocycles. The maximum Gasteiger partial charge on any atom is 0.289 e. The van der Waals surface area contributed by atoms with Crippen LogP contribution < -0.4 is 21.3 Å². The first-order valence-electron chi connectivity index (χ1n) is 17.1. The van der Waals surface area contributed by atoms with Gasteiger partial charge in [0.2, 0.25) is 29.4 Å². The van der Waals surface area contributed by atoms with E-state index < -0.39 is 41.6 Å². The fourth-order valence-corrected chi connectivity index (χ4v) is 8.34. The second-order valence-corrected chi connectivity index (χ2v) is 14.7. The molecule has 0 spiro atoms. The van der Waals surface area contributed by atoms with Crippen molar-refractivity contribution in [2.75, 3.05) is 13.1 Å². The fourth-order valence-electron chi connectivity index (χ4n) is 8.34. The molecule has 0 unspecified atom stereocenters. The number of Topliss-reactive ketones (excluding diaryl/α,β-unsaturated/α-hetero) is 1. The van der Waals surface area contributed by atoms with Crippen LogP contribution in [0.5, 0.6) is 0 Å². The monoisotopic (exact) mass is 633 g/mol. The second-order valence-electron chi connectivity index (χ2n) is 14.7. The number of hydrogen-bond acceptors (Lipinski definition) is 6. The van der Waals surface area contributed by atoms with E-state index in [4.69, 9.17) is 0 Å². The van der Waals surface area contributed by atoms with E-state index in [-0.39, 0.29) is 47.4 Å². The third kappa shape index (κ3) is 6.42. The van der Waals surface area contributed by atoms with E-state index in [0.29, 0.717) is 31.8 Å². The lowest BCUT2D eigenvalue weighted by atomic mass is 9.44. The SMILES string of the molecule is CC(C)NC(=O)C(=O)[C@H](C[C@@H]1CCNC1=O)NC(=O)[C@@H]1C[C@@H](c2ccccc2)CN1C(=O)[C@@H](NC(=O)C12CC(C1)C2)C1CCCC1. The summed E-state index contributed by atoms with van der Waals surface area (Å²) >= 11 is 0. The van der Waals surface area contributed by atoms with E-state index in [2.05, 4.69) is 21.3 Å². The lowest BCUT2D eigenvalue weighted by molar-refractivity contribution is -0.167. The van der Waals surface area contributed by atoms with Crippen molar-refractivity contribution in [1.82, 2.24) is 26.2 Å². The Morgan fingerprint density at radius 3 is 2.24 bits per heavy atom. The maximum atomic E-state index is 14.5. The Hall–Kier alpha value is -3.76. The summed E-state index contributed by atoms with van der Waals surface area (Å²) < 4.78 is 0. The third-order valence-corrected chi connectivity index (χ3v) is 11.1. The van der Waals surface area contributed by atoms with Gasteiger partial charge in [-0.1, -0.05) is 43.2 Å². The molecule has 0 aromatic heterocycles. The highest BCUT2D eigenvalue weighted by Gasteiger charge is 2.62. The van der Waals surface area contributed by atoms with Crippen molar-refractivity contribution in [2.45, 2.75) is 108 Å². The smallest absolute Gasteiger partial charge is 0.289 e. The molecule has 4 N–H and O–H groups in total. The van der Waals surface area contributed by atoms with E-state index in [1.165, 1.54) is 0 Å². The van der Waals surface area contributed by atoms with Crippen LogP contribution in [0.15, 0.2) is 30.3 Å². The van der Waals surface area contributed by atoms with Crippen LogP contribution in [-0.4, -0.2) is 77.5 Å². The normalized spacial score (nSPS) is 29.7. The molecule has 2 bridgehead atoms. The Bertz CT molecular complexity index is 1360. The predicted molar refractivity (Wildman–Crippen MR) is 169 cm³/mol. The van der Waals surface area contributed by atoms with Crippen LogP contribution in [0.2, 0.25) is 0 Å². The van der Waals surface area contributed by atoms with Gasteiger partial charge in [-0.15, -0.1) is 0 Å². The molecule has 11 heteroatoms. The van der Waals surface area contributed by atoms with Crippen LogP contribution in [0.3, 0.4) is 0 Å². The molecule has 6 aliphatic rings. The molecule has 248 valence electrons. The van der Waals surface area contributed by atoms with E-state index in [9.17, 15) is 28.8 Å². The van der Waals surface area contributed by atoms with Crippen molar-refractivity contribution >= 4 is 35.3 Å². The molecule has 5 atom stereocenters. The molecule has 5 amide bonds. The number of rotatable bonds is 12. The van der Waals surface area contributed by atoms with Gasteiger partial charge in [-0.3, -0.25) is 28.8 Å². The molecule has 6 fully saturated rings. The standard InChI is InChI=1S/C35H47N5O6/c1-20(2)37-32(44)29(41)26(14-24-12-13-36-30(24)42)38-31(43)27-15-25(22-8-4-3-5-9-22)19-40(27)33(45)28(23-10-6-7-11-23)39-34(46)35-16-21(17-35)18-35/h3-5,8-9,20-21,23-28H,6-7,10-19H2,1-2H3,(H,36,42)(H,37,44)(H,38,43)(H,39,46)/t21?,24-,25+,26-,27-,28-,35?/m0/s1. The topological polar surface area (TPSA) is 154 Å². The zero-order valence-electron chi connectivity index (χ0n) is 26.9. The number of nitrogens with one attached hydrogen (secondary N) is 4. The summed E-state index contributed by atoms with van der Waals surface area (Å²) in [5.41, 5.74) is 0.657. The largest absolute Gasteiger partial charge is 0.356 e. The lowest BCUT2D eigenvalue weighted by Crippen LogP contribution is -2.64. The van der Waals surface area contributed by atoms with Crippen molar-refractivity contribution in [3.8, 4) is 0 Å². The van der Waals surface area contributed by atoms with Gasteiger partial charge in [0, 0.05) is 36.4 Å². The minimum atomic E-state index is -1.22. The summed E-state index contributed by atoms with van der Waals surface area (Å²) in [4.78, 5) is 82.3. The average Bonchev–Trinajstić information content (AvgIpc) is 3.75. The van der Waals surface area contributed by atoms with Gasteiger partial charge in [0.15, 0.2) is 0 Å². The highest BCUT2D eigenvalue weighted by atomic mass is 16.2. The van der Waals surface area contributed by atoms with Crippen LogP contribution in [0.4, 0.5) is 0 Å². The predicted octanol–water partition coefficient (Wildman–Crippen LogP) is 1.95. The number of carbonyl (C=O) groups is 6. The molecule has 2 aliphatic heterocycles. The summed E-state index contributed by atoms with van der Waals surface area (Å²) in [5.74, 6) is -2.70. The van der Waals surface area contributed by atoms with Crippen LogP contribution in [0.1, 0.15) is 89.5 Å². The molecule has 46 heavy (non-hydrogen) atoms. The first-order valence-corrected chi connectivity index (χ1v) is 17.1. The Kier molecular flexibility index (Phi) is 9.21. The molecule has 1 aromatic carbocycles. The van der Waals surface area contributed by atoms with Crippen molar-refractivity contribution in [2.24, 2.45) is 23.2 Å². The lowest BCUT2D eigenvalue weighted by Gasteiger charge is -2.60. The highest BCUT2D eigenvalue weighted by molar-refractivity contribution is 6.38. The number of hydrogen-bond donors (Lipinski definition) is 4. The first-order chi connectivity index (χ1) is 22.0. The molecular formula is C35H47N5O6. The highest BCUT2D eigenvalue weighted by Crippen LogP contribution is 2.64. The van der Waals surface area contributed by atoms with Gasteiger partial charge in [0.25, 0.3) is 5.91 Å². The van der Waals surface area contributed by atoms with Gasteiger partial charge < -0.3 is 26.2 Å². The number of likely N-dealkylation sites (tertiary alicyclic amines) is 1. The summed E-state index contributed by atoms with van der Waals surface area (Å²) in [5, 5.41) is 11.3. The zero-order chi connectivity index (χ0) is 32.6. The van der Waals surface area contributed by atoms with Crippen LogP contribution in [0, 0.1) is 23.2 Å². The number of ketones is 1. The molecule has 4 saturated carbocycles. The van der Waals surface area contributed by atoms with Crippen molar-refractivity contribution < 1.29 is 28.8 Å². The molecule has 1 aromatic rings. The summed E-state index contributed by atoms with van der Waals surface area (Å²) in [6.07, 6.45) is 7.13. The van der Waals surface area contributed by atoms with Crippen molar-refractivity contribution in [1.29, 1.82) is 0 Å². The summed E-state index contributed by atoms with van der Waals surface area (Å²) in [6, 6.07) is 6.60. The molecule has 11 nitrogen and oxygen atoms in total. The Balaban J connectivity index is 1.25. The minimum Gasteiger partial charge on any atom is -0.356 e. The third-order valence-electron chi connectivity index (χ3n) is 11.1. The van der Waals surface area contributed by atoms with Gasteiger partial charge in [0.1, 0.15) is 12.1 Å². The molecular weight excluding hydrogens is 586 g/mol. The van der Waals surface area contributed by atoms with E-state index >= 15 is 0 Å². The van der Waals surface area contributed by atoms with Gasteiger partial charge in [-0.2, -0.15) is 0 Å². The van der Waals surface area contributed by atoms with Crippen LogP contribution in [0.25, 0.3) is 0 Å². The second kappa shape index (κ2) is 13.2. The molecule has 0 radical (unpaired) electrons. The Morgan fingerprint density at radius 2 is 1.65 bits per heavy atom. The van der Waals surface area contributed by atoms with Gasteiger partial charge in [0.05, 0.1) is 6.04 Å².